The molecule has 0 radical (unpaired) electrons. The molecule has 6 heteroatoms. The Morgan fingerprint density at radius 2 is 2.19 bits per heavy atom. The third-order valence-corrected chi connectivity index (χ3v) is 6.33. The number of carbonyl (C=O) groups excluding carboxylic acids is 1. The second-order valence-corrected chi connectivity index (χ2v) is 7.66. The van der Waals surface area contributed by atoms with E-state index < -0.39 is 6.17 Å². The number of anilines is 1. The van der Waals surface area contributed by atoms with Gasteiger partial charge in [0.15, 0.2) is 5.82 Å². The first kappa shape index (κ1) is 15.9. The third kappa shape index (κ3) is 2.01. The van der Waals surface area contributed by atoms with Gasteiger partial charge >= 0.3 is 0 Å². The van der Waals surface area contributed by atoms with Crippen molar-refractivity contribution in [2.75, 3.05) is 24.5 Å². The molecule has 0 unspecified atom stereocenters. The van der Waals surface area contributed by atoms with Gasteiger partial charge in [-0.15, -0.1) is 0 Å². The Labute approximate surface area is 152 Å². The third-order valence-electron chi connectivity index (χ3n) is 6.33. The number of amides is 1. The molecule has 5 nitrogen and oxygen atoms in total. The highest BCUT2D eigenvalue weighted by molar-refractivity contribution is 5.81. The molecule has 2 aromatic heterocycles. The van der Waals surface area contributed by atoms with Crippen LogP contribution in [0.2, 0.25) is 0 Å². The van der Waals surface area contributed by atoms with Crippen molar-refractivity contribution in [1.82, 2.24) is 14.5 Å². The standard InChI is InChI=1S/C20H23FN4O/c1-2-25-16-5-3-8-22-18(16)24-9-4-6-17(24)20(25)7-10-23(13-20)19(26)14-11-15(21)12-14/h3-6,8-9,14-15H,2,7,10-13H2,1H3/t14?,15?,20-/m0/s1. The molecule has 1 spiro atoms. The van der Waals surface area contributed by atoms with Gasteiger partial charge in [0.2, 0.25) is 5.91 Å². The molecule has 4 heterocycles. The molecule has 1 atom stereocenters. The summed E-state index contributed by atoms with van der Waals surface area (Å²) in [5, 5.41) is 0. The van der Waals surface area contributed by atoms with Gasteiger partial charge in [0.05, 0.1) is 16.9 Å². The van der Waals surface area contributed by atoms with Crippen molar-refractivity contribution in [1.29, 1.82) is 0 Å². The van der Waals surface area contributed by atoms with Crippen LogP contribution in [0.15, 0.2) is 36.7 Å². The fourth-order valence-electron chi connectivity index (χ4n) is 4.99. The molecular formula is C20H23FN4O. The minimum Gasteiger partial charge on any atom is -0.356 e. The summed E-state index contributed by atoms with van der Waals surface area (Å²) in [5.74, 6) is 0.950. The number of likely N-dealkylation sites (N-methyl/N-ethyl adjacent to an activating group) is 1. The van der Waals surface area contributed by atoms with Gasteiger partial charge in [0.1, 0.15) is 6.17 Å². The van der Waals surface area contributed by atoms with Gasteiger partial charge in [-0.25, -0.2) is 9.37 Å². The number of hydrogen-bond acceptors (Lipinski definition) is 3. The quantitative estimate of drug-likeness (QED) is 0.833. The molecule has 1 amide bonds. The van der Waals surface area contributed by atoms with Crippen LogP contribution < -0.4 is 4.90 Å². The number of rotatable bonds is 2. The van der Waals surface area contributed by atoms with Crippen molar-refractivity contribution in [3.05, 3.63) is 42.4 Å². The van der Waals surface area contributed by atoms with Crippen LogP contribution in [0.5, 0.6) is 0 Å². The maximum Gasteiger partial charge on any atom is 0.225 e. The van der Waals surface area contributed by atoms with Gasteiger partial charge in [0.25, 0.3) is 0 Å². The van der Waals surface area contributed by atoms with Crippen LogP contribution in [-0.2, 0) is 10.3 Å². The van der Waals surface area contributed by atoms with Crippen molar-refractivity contribution < 1.29 is 9.18 Å². The number of alkyl halides is 1. The first-order valence-electron chi connectivity index (χ1n) is 9.48. The zero-order chi connectivity index (χ0) is 17.9. The summed E-state index contributed by atoms with van der Waals surface area (Å²) in [6.45, 7) is 4.39. The number of fused-ring (bicyclic) bond motifs is 4. The molecule has 136 valence electrons. The van der Waals surface area contributed by atoms with E-state index in [1.807, 2.05) is 17.2 Å². The second-order valence-electron chi connectivity index (χ2n) is 7.66. The van der Waals surface area contributed by atoms with Crippen molar-refractivity contribution in [3.63, 3.8) is 0 Å². The highest BCUT2D eigenvalue weighted by Crippen LogP contribution is 2.47. The van der Waals surface area contributed by atoms with Gasteiger partial charge in [0, 0.05) is 37.9 Å². The summed E-state index contributed by atoms with van der Waals surface area (Å²) < 4.78 is 15.4. The van der Waals surface area contributed by atoms with Gasteiger partial charge in [-0.1, -0.05) is 0 Å². The Hall–Kier alpha value is -2.37. The number of aromatic nitrogens is 2. The highest BCUT2D eigenvalue weighted by Gasteiger charge is 2.51. The first-order chi connectivity index (χ1) is 12.6. The number of hydrogen-bond donors (Lipinski definition) is 0. The highest BCUT2D eigenvalue weighted by atomic mass is 19.1. The molecule has 2 aliphatic heterocycles. The van der Waals surface area contributed by atoms with Crippen molar-refractivity contribution in [2.24, 2.45) is 5.92 Å². The van der Waals surface area contributed by atoms with Gasteiger partial charge < -0.3 is 14.4 Å². The van der Waals surface area contributed by atoms with E-state index in [-0.39, 0.29) is 17.4 Å². The molecule has 1 saturated heterocycles. The summed E-state index contributed by atoms with van der Waals surface area (Å²) in [6, 6.07) is 8.28. The molecule has 1 aliphatic carbocycles. The molecule has 2 fully saturated rings. The average molecular weight is 354 g/mol. The minimum absolute atomic E-state index is 0.125. The smallest absolute Gasteiger partial charge is 0.225 e. The molecule has 26 heavy (non-hydrogen) atoms. The minimum atomic E-state index is -0.794. The Bertz CT molecular complexity index is 859. The lowest BCUT2D eigenvalue weighted by molar-refractivity contribution is -0.139. The number of nitrogens with zero attached hydrogens (tertiary/aromatic N) is 4. The summed E-state index contributed by atoms with van der Waals surface area (Å²) in [5.41, 5.74) is 2.07. The molecule has 3 aliphatic rings. The van der Waals surface area contributed by atoms with Crippen LogP contribution in [-0.4, -0.2) is 46.2 Å². The van der Waals surface area contributed by atoms with Gasteiger partial charge in [-0.2, -0.15) is 0 Å². The summed E-state index contributed by atoms with van der Waals surface area (Å²) in [6.07, 6.45) is 4.75. The van der Waals surface area contributed by atoms with Crippen molar-refractivity contribution in [3.8, 4) is 5.82 Å². The predicted molar refractivity (Wildman–Crippen MR) is 97.1 cm³/mol. The normalized spacial score (nSPS) is 29.5. The zero-order valence-corrected chi connectivity index (χ0v) is 14.9. The first-order valence-corrected chi connectivity index (χ1v) is 9.48. The van der Waals surface area contributed by atoms with Gasteiger partial charge in [-0.05, 0) is 50.5 Å². The topological polar surface area (TPSA) is 41.4 Å². The van der Waals surface area contributed by atoms with E-state index in [9.17, 15) is 9.18 Å². The molecule has 5 rings (SSSR count). The lowest BCUT2D eigenvalue weighted by Gasteiger charge is -2.46. The maximum absolute atomic E-state index is 13.2. The van der Waals surface area contributed by atoms with E-state index in [2.05, 4.69) is 45.8 Å². The fraction of sp³-hybridized carbons (Fsp3) is 0.500. The molecule has 0 bridgehead atoms. The fourth-order valence-corrected chi connectivity index (χ4v) is 4.99. The Balaban J connectivity index is 1.53. The van der Waals surface area contributed by atoms with E-state index in [4.69, 9.17) is 0 Å². The lowest BCUT2D eigenvalue weighted by atomic mass is 9.82. The zero-order valence-electron chi connectivity index (χ0n) is 14.9. The monoisotopic (exact) mass is 354 g/mol. The largest absolute Gasteiger partial charge is 0.356 e. The summed E-state index contributed by atoms with van der Waals surface area (Å²) in [4.78, 5) is 21.8. The summed E-state index contributed by atoms with van der Waals surface area (Å²) >= 11 is 0. The number of carbonyl (C=O) groups is 1. The second kappa shape index (κ2) is 5.56. The molecule has 1 saturated carbocycles. The molecular weight excluding hydrogens is 331 g/mol. The van der Waals surface area contributed by atoms with Crippen LogP contribution in [0.25, 0.3) is 5.82 Å². The van der Waals surface area contributed by atoms with Crippen LogP contribution in [0.4, 0.5) is 10.1 Å². The number of likely N-dealkylation sites (tertiary alicyclic amines) is 1. The van der Waals surface area contributed by atoms with Gasteiger partial charge in [-0.3, -0.25) is 4.79 Å². The molecule has 0 aromatic carbocycles. The molecule has 2 aromatic rings. The van der Waals surface area contributed by atoms with Crippen LogP contribution in [0, 0.1) is 5.92 Å². The Morgan fingerprint density at radius 1 is 1.35 bits per heavy atom. The van der Waals surface area contributed by atoms with E-state index in [0.717, 1.165) is 31.0 Å². The van der Waals surface area contributed by atoms with E-state index in [0.29, 0.717) is 19.4 Å². The van der Waals surface area contributed by atoms with Crippen LogP contribution in [0.3, 0.4) is 0 Å². The SMILES string of the molecule is CCN1c2cccnc2-n2cccc2[C@@]12CCN(C(=O)C1CC(F)C1)C2. The van der Waals surface area contributed by atoms with E-state index >= 15 is 0 Å². The predicted octanol–water partition coefficient (Wildman–Crippen LogP) is 2.89. The van der Waals surface area contributed by atoms with Crippen LogP contribution >= 0.6 is 0 Å². The van der Waals surface area contributed by atoms with E-state index in [1.165, 1.54) is 5.69 Å². The average Bonchev–Trinajstić information content (AvgIpc) is 3.28. The summed E-state index contributed by atoms with van der Waals surface area (Å²) in [7, 11) is 0. The van der Waals surface area contributed by atoms with Crippen molar-refractivity contribution >= 4 is 11.6 Å². The van der Waals surface area contributed by atoms with Crippen LogP contribution in [0.1, 0.15) is 31.9 Å². The number of pyridine rings is 1. The molecule has 0 N–H and O–H groups in total. The Kier molecular flexibility index (Phi) is 3.39. The lowest BCUT2D eigenvalue weighted by Crippen LogP contribution is -2.53. The maximum atomic E-state index is 13.2. The Morgan fingerprint density at radius 3 is 2.96 bits per heavy atom. The number of halogens is 1. The van der Waals surface area contributed by atoms with E-state index in [1.54, 1.807) is 0 Å². The van der Waals surface area contributed by atoms with Crippen molar-refractivity contribution in [2.45, 2.75) is 37.9 Å².